The number of rotatable bonds is 6. The molecule has 0 heterocycles. The van der Waals surface area contributed by atoms with E-state index in [-0.39, 0.29) is 17.4 Å². The zero-order valence-corrected chi connectivity index (χ0v) is 15.5. The van der Waals surface area contributed by atoms with Gasteiger partial charge in [0, 0.05) is 19.2 Å². The Morgan fingerprint density at radius 1 is 1.07 bits per heavy atom. The van der Waals surface area contributed by atoms with Gasteiger partial charge in [0.1, 0.15) is 0 Å². The van der Waals surface area contributed by atoms with E-state index in [2.05, 4.69) is 10.8 Å². The van der Waals surface area contributed by atoms with Crippen LogP contribution in [0.25, 0.3) is 0 Å². The molecule has 1 aliphatic carbocycles. The van der Waals surface area contributed by atoms with Crippen molar-refractivity contribution in [1.82, 2.24) is 4.90 Å². The van der Waals surface area contributed by atoms with Crippen LogP contribution >= 0.6 is 0 Å². The summed E-state index contributed by atoms with van der Waals surface area (Å²) in [4.78, 5) is 14.4. The van der Waals surface area contributed by atoms with Gasteiger partial charge in [0.2, 0.25) is 0 Å². The molecule has 0 atom stereocenters. The van der Waals surface area contributed by atoms with Crippen molar-refractivity contribution in [3.05, 3.63) is 58.7 Å². The topological polar surface area (TPSA) is 38.8 Å². The van der Waals surface area contributed by atoms with Crippen LogP contribution in [-0.2, 0) is 19.4 Å². The van der Waals surface area contributed by atoms with Crippen LogP contribution in [0.1, 0.15) is 39.9 Å². The third-order valence-corrected chi connectivity index (χ3v) is 4.81. The van der Waals surface area contributed by atoms with Crippen LogP contribution in [0.4, 0.5) is 8.78 Å². The Hall–Kier alpha value is -2.63. The molecule has 0 bridgehead atoms. The molecule has 0 aromatic heterocycles. The van der Waals surface area contributed by atoms with Gasteiger partial charge < -0.3 is 14.4 Å². The largest absolute Gasteiger partial charge is 0.493 e. The van der Waals surface area contributed by atoms with Gasteiger partial charge in [-0.05, 0) is 66.6 Å². The molecule has 0 saturated heterocycles. The van der Waals surface area contributed by atoms with Crippen molar-refractivity contribution in [2.45, 2.75) is 38.8 Å². The average Bonchev–Trinajstić information content (AvgIpc) is 2.67. The molecule has 0 radical (unpaired) electrons. The fourth-order valence-corrected chi connectivity index (χ4v) is 3.44. The van der Waals surface area contributed by atoms with Gasteiger partial charge in [-0.3, -0.25) is 4.79 Å². The lowest BCUT2D eigenvalue weighted by atomic mass is 9.90. The zero-order valence-electron chi connectivity index (χ0n) is 15.5. The third kappa shape index (κ3) is 4.56. The lowest BCUT2D eigenvalue weighted by Crippen LogP contribution is -2.26. The minimum Gasteiger partial charge on any atom is -0.493 e. The lowest BCUT2D eigenvalue weighted by Gasteiger charge is -2.21. The first-order valence-electron chi connectivity index (χ1n) is 8.97. The number of halogens is 2. The molecule has 0 spiro atoms. The molecule has 4 nitrogen and oxygen atoms in total. The molecule has 0 saturated carbocycles. The van der Waals surface area contributed by atoms with Crippen LogP contribution in [0, 0.1) is 0 Å². The van der Waals surface area contributed by atoms with E-state index >= 15 is 0 Å². The number of carbonyl (C=O) groups is 1. The van der Waals surface area contributed by atoms with Gasteiger partial charge in [-0.25, -0.2) is 0 Å². The smallest absolute Gasteiger partial charge is 0.387 e. The predicted octanol–water partition coefficient (Wildman–Crippen LogP) is 4.45. The van der Waals surface area contributed by atoms with E-state index in [4.69, 9.17) is 4.74 Å². The molecule has 0 N–H and O–H groups in total. The van der Waals surface area contributed by atoms with Crippen molar-refractivity contribution >= 4 is 5.91 Å². The van der Waals surface area contributed by atoms with Crippen molar-refractivity contribution in [3.8, 4) is 11.5 Å². The van der Waals surface area contributed by atoms with Gasteiger partial charge in [-0.1, -0.05) is 12.1 Å². The van der Waals surface area contributed by atoms with Gasteiger partial charge in [0.15, 0.2) is 11.5 Å². The number of fused-ring (bicyclic) bond motifs is 1. The van der Waals surface area contributed by atoms with Crippen LogP contribution in [0.2, 0.25) is 0 Å². The average molecular weight is 375 g/mol. The Morgan fingerprint density at radius 3 is 2.52 bits per heavy atom. The van der Waals surface area contributed by atoms with Crippen molar-refractivity contribution < 1.29 is 23.0 Å². The molecule has 0 aliphatic heterocycles. The van der Waals surface area contributed by atoms with Crippen molar-refractivity contribution in [1.29, 1.82) is 0 Å². The Balaban J connectivity index is 1.72. The minimum atomic E-state index is -2.92. The fraction of sp³-hybridized carbons (Fsp3) is 0.381. The number of carbonyl (C=O) groups excluding carboxylic acids is 1. The van der Waals surface area contributed by atoms with Gasteiger partial charge >= 0.3 is 6.61 Å². The Kier molecular flexibility index (Phi) is 5.94. The van der Waals surface area contributed by atoms with Crippen LogP contribution in [0.5, 0.6) is 11.5 Å². The minimum absolute atomic E-state index is 0.0279. The lowest BCUT2D eigenvalue weighted by molar-refractivity contribution is -0.0512. The Labute approximate surface area is 157 Å². The quantitative estimate of drug-likeness (QED) is 0.749. The molecule has 2 aromatic carbocycles. The summed E-state index contributed by atoms with van der Waals surface area (Å²) in [6.07, 6.45) is 4.45. The standard InChI is InChI=1S/C21H23F2NO3/c1-24(13-14-7-10-18(27-21(22)23)19(11-14)26-2)20(25)17-9-8-15-5-3-4-6-16(15)12-17/h7-12,21H,3-6,13H2,1-2H3. The van der Waals surface area contributed by atoms with E-state index in [1.54, 1.807) is 24.1 Å². The number of methoxy groups -OCH3 is 1. The van der Waals surface area contributed by atoms with Crippen molar-refractivity contribution in [3.63, 3.8) is 0 Å². The van der Waals surface area contributed by atoms with E-state index < -0.39 is 6.61 Å². The summed E-state index contributed by atoms with van der Waals surface area (Å²) in [5, 5.41) is 0. The van der Waals surface area contributed by atoms with Gasteiger partial charge in [-0.2, -0.15) is 8.78 Å². The number of amides is 1. The van der Waals surface area contributed by atoms with E-state index in [0.717, 1.165) is 24.8 Å². The molecule has 3 rings (SSSR count). The first kappa shape index (κ1) is 19.1. The maximum absolute atomic E-state index is 12.8. The van der Waals surface area contributed by atoms with E-state index in [9.17, 15) is 13.6 Å². The first-order chi connectivity index (χ1) is 13.0. The molecule has 27 heavy (non-hydrogen) atoms. The second-order valence-electron chi connectivity index (χ2n) is 6.72. The third-order valence-electron chi connectivity index (χ3n) is 4.81. The SMILES string of the molecule is COc1cc(CN(C)C(=O)c2ccc3c(c2)CCCC3)ccc1OC(F)F. The molecule has 1 aliphatic rings. The molecule has 144 valence electrons. The number of hydrogen-bond acceptors (Lipinski definition) is 3. The maximum Gasteiger partial charge on any atom is 0.387 e. The summed E-state index contributed by atoms with van der Waals surface area (Å²) in [7, 11) is 3.11. The molecule has 0 fully saturated rings. The summed E-state index contributed by atoms with van der Waals surface area (Å²) in [6, 6.07) is 10.6. The summed E-state index contributed by atoms with van der Waals surface area (Å²) in [6.45, 7) is -2.58. The molecular weight excluding hydrogens is 352 g/mol. The van der Waals surface area contributed by atoms with E-state index in [1.807, 2.05) is 12.1 Å². The van der Waals surface area contributed by atoms with Crippen LogP contribution in [0.15, 0.2) is 36.4 Å². The van der Waals surface area contributed by atoms with Gasteiger partial charge in [0.05, 0.1) is 7.11 Å². The highest BCUT2D eigenvalue weighted by Crippen LogP contribution is 2.30. The van der Waals surface area contributed by atoms with Gasteiger partial charge in [0.25, 0.3) is 5.91 Å². The maximum atomic E-state index is 12.8. The highest BCUT2D eigenvalue weighted by atomic mass is 19.3. The second kappa shape index (κ2) is 8.37. The highest BCUT2D eigenvalue weighted by Gasteiger charge is 2.17. The number of benzene rings is 2. The Morgan fingerprint density at radius 2 is 1.81 bits per heavy atom. The van der Waals surface area contributed by atoms with Crippen LogP contribution in [-0.4, -0.2) is 31.6 Å². The number of hydrogen-bond donors (Lipinski definition) is 0. The number of nitrogens with zero attached hydrogens (tertiary/aromatic N) is 1. The highest BCUT2D eigenvalue weighted by molar-refractivity contribution is 5.94. The van der Waals surface area contributed by atoms with Crippen molar-refractivity contribution in [2.75, 3.05) is 14.2 Å². The van der Waals surface area contributed by atoms with E-state index in [0.29, 0.717) is 12.1 Å². The molecule has 0 unspecified atom stereocenters. The van der Waals surface area contributed by atoms with E-state index in [1.165, 1.54) is 30.7 Å². The van der Waals surface area contributed by atoms with Crippen LogP contribution < -0.4 is 9.47 Å². The van der Waals surface area contributed by atoms with Gasteiger partial charge in [-0.15, -0.1) is 0 Å². The molecule has 6 heteroatoms. The van der Waals surface area contributed by atoms with Crippen molar-refractivity contribution in [2.24, 2.45) is 0 Å². The molecule has 1 amide bonds. The normalized spacial score (nSPS) is 13.2. The number of aryl methyl sites for hydroxylation is 2. The summed E-state index contributed by atoms with van der Waals surface area (Å²) in [5.41, 5.74) is 4.03. The summed E-state index contributed by atoms with van der Waals surface area (Å²) >= 11 is 0. The first-order valence-corrected chi connectivity index (χ1v) is 8.97. The van der Waals surface area contributed by atoms with Crippen LogP contribution in [0.3, 0.4) is 0 Å². The molecular formula is C21H23F2NO3. The summed E-state index contributed by atoms with van der Waals surface area (Å²) in [5.74, 6) is 0.109. The number of alkyl halides is 2. The monoisotopic (exact) mass is 375 g/mol. The molecule has 2 aromatic rings. The number of ether oxygens (including phenoxy) is 2. The fourth-order valence-electron chi connectivity index (χ4n) is 3.44. The Bertz CT molecular complexity index is 823. The zero-order chi connectivity index (χ0) is 19.4. The second-order valence-corrected chi connectivity index (χ2v) is 6.72. The summed E-state index contributed by atoms with van der Waals surface area (Å²) < 4.78 is 34.4. The predicted molar refractivity (Wildman–Crippen MR) is 98.5 cm³/mol.